The number of H-pyrrole nitrogens is 1. The summed E-state index contributed by atoms with van der Waals surface area (Å²) in [6.45, 7) is 9.33. The van der Waals surface area contributed by atoms with Gasteiger partial charge in [-0.25, -0.2) is 0 Å². The summed E-state index contributed by atoms with van der Waals surface area (Å²) in [4.78, 5) is 6.16. The van der Waals surface area contributed by atoms with Crippen molar-refractivity contribution in [1.82, 2.24) is 9.88 Å². The van der Waals surface area contributed by atoms with E-state index in [1.807, 2.05) is 0 Å². The monoisotopic (exact) mass is 294 g/mol. The van der Waals surface area contributed by atoms with E-state index in [4.69, 9.17) is 0 Å². The normalized spacial score (nSPS) is 22.8. The van der Waals surface area contributed by atoms with E-state index in [9.17, 15) is 0 Å². The summed E-state index contributed by atoms with van der Waals surface area (Å²) in [6, 6.07) is 7.67. The van der Waals surface area contributed by atoms with E-state index in [0.717, 1.165) is 12.6 Å². The Kier molecular flexibility index (Phi) is 3.37. The highest BCUT2D eigenvalue weighted by molar-refractivity contribution is 5.94. The summed E-state index contributed by atoms with van der Waals surface area (Å²) in [7, 11) is 0. The number of rotatable bonds is 2. The molecule has 0 saturated carbocycles. The highest BCUT2D eigenvalue weighted by Gasteiger charge is 2.31. The molecule has 3 heterocycles. The molecule has 1 N–H and O–H groups in total. The average Bonchev–Trinajstić information content (AvgIpc) is 3.11. The first kappa shape index (κ1) is 14.1. The van der Waals surface area contributed by atoms with Crippen molar-refractivity contribution >= 4 is 16.5 Å². The molecule has 2 heteroatoms. The molecule has 1 aromatic carbocycles. The van der Waals surface area contributed by atoms with Gasteiger partial charge in [-0.3, -0.25) is 4.90 Å². The van der Waals surface area contributed by atoms with E-state index in [-0.39, 0.29) is 0 Å². The van der Waals surface area contributed by atoms with Gasteiger partial charge in [0.2, 0.25) is 0 Å². The summed E-state index contributed by atoms with van der Waals surface area (Å²) in [6.07, 6.45) is 6.20. The van der Waals surface area contributed by atoms with Crippen LogP contribution >= 0.6 is 0 Å². The molecular weight excluding hydrogens is 268 g/mol. The van der Waals surface area contributed by atoms with Crippen molar-refractivity contribution in [3.8, 4) is 0 Å². The zero-order valence-corrected chi connectivity index (χ0v) is 13.9. The van der Waals surface area contributed by atoms with Crippen LogP contribution in [0.25, 0.3) is 16.5 Å². The first-order valence-corrected chi connectivity index (χ1v) is 8.67. The third-order valence-electron chi connectivity index (χ3n) is 5.59. The number of aromatic amines is 1. The first-order valence-electron chi connectivity index (χ1n) is 8.67. The van der Waals surface area contributed by atoms with E-state index < -0.39 is 0 Å². The van der Waals surface area contributed by atoms with Crippen molar-refractivity contribution in [3.05, 3.63) is 41.1 Å². The number of fused-ring (bicyclic) bond motifs is 2. The van der Waals surface area contributed by atoms with E-state index in [0.29, 0.717) is 5.92 Å². The molecule has 1 aromatic heterocycles. The molecule has 2 aliphatic heterocycles. The number of hydrogen-bond acceptors (Lipinski definition) is 1. The minimum absolute atomic E-state index is 0.582. The standard InChI is InChI=1S/C20H26N2/c1-13(2)15-6-7-20-18(9-15)19(11-21-20)17-10-16-5-4-8-22(16)12-14(17)3/h6-7,9,11,13,16,21H,4-5,8,10,12H2,1-3H3. The fourth-order valence-corrected chi connectivity index (χ4v) is 4.23. The van der Waals surface area contributed by atoms with Crippen molar-refractivity contribution in [2.24, 2.45) is 0 Å². The topological polar surface area (TPSA) is 19.0 Å². The molecule has 1 saturated heterocycles. The third kappa shape index (κ3) is 2.21. The molecule has 0 spiro atoms. The Hall–Kier alpha value is -1.54. The first-order chi connectivity index (χ1) is 10.6. The zero-order chi connectivity index (χ0) is 15.3. The molecule has 22 heavy (non-hydrogen) atoms. The maximum Gasteiger partial charge on any atom is 0.0460 e. The molecule has 2 aliphatic rings. The zero-order valence-electron chi connectivity index (χ0n) is 13.9. The van der Waals surface area contributed by atoms with E-state index in [2.05, 4.69) is 55.1 Å². The highest BCUT2D eigenvalue weighted by atomic mass is 15.2. The Morgan fingerprint density at radius 1 is 1.27 bits per heavy atom. The number of nitrogens with one attached hydrogen (secondary N) is 1. The lowest BCUT2D eigenvalue weighted by molar-refractivity contribution is 0.267. The number of benzene rings is 1. The van der Waals surface area contributed by atoms with Crippen molar-refractivity contribution in [2.75, 3.05) is 13.1 Å². The summed E-state index contributed by atoms with van der Waals surface area (Å²) in [5, 5.41) is 1.41. The smallest absolute Gasteiger partial charge is 0.0460 e. The van der Waals surface area contributed by atoms with E-state index in [1.54, 1.807) is 11.1 Å². The van der Waals surface area contributed by atoms with Gasteiger partial charge in [0.1, 0.15) is 0 Å². The molecule has 0 radical (unpaired) electrons. The second-order valence-corrected chi connectivity index (χ2v) is 7.39. The fourth-order valence-electron chi connectivity index (χ4n) is 4.23. The maximum absolute atomic E-state index is 3.48. The SMILES string of the molecule is CC1=C(c2c[nH]c3ccc(C(C)C)cc23)CC2CCCN2C1. The minimum atomic E-state index is 0.582. The molecule has 2 aromatic rings. The van der Waals surface area contributed by atoms with Gasteiger partial charge in [0, 0.05) is 35.2 Å². The van der Waals surface area contributed by atoms with Gasteiger partial charge in [-0.1, -0.05) is 25.5 Å². The van der Waals surface area contributed by atoms with Gasteiger partial charge in [-0.15, -0.1) is 0 Å². The molecule has 0 aliphatic carbocycles. The van der Waals surface area contributed by atoms with Crippen LogP contribution in [-0.4, -0.2) is 29.0 Å². The Labute approximate surface area is 133 Å². The molecule has 1 fully saturated rings. The Balaban J connectivity index is 1.80. The highest BCUT2D eigenvalue weighted by Crippen LogP contribution is 2.38. The van der Waals surface area contributed by atoms with Crippen LogP contribution in [0.3, 0.4) is 0 Å². The van der Waals surface area contributed by atoms with Crippen molar-refractivity contribution in [2.45, 2.75) is 52.0 Å². The van der Waals surface area contributed by atoms with Crippen LogP contribution in [0.15, 0.2) is 30.0 Å². The van der Waals surface area contributed by atoms with E-state index >= 15 is 0 Å². The van der Waals surface area contributed by atoms with Gasteiger partial charge in [0.25, 0.3) is 0 Å². The molecular formula is C20H26N2. The van der Waals surface area contributed by atoms with E-state index in [1.165, 1.54) is 47.8 Å². The van der Waals surface area contributed by atoms with Gasteiger partial charge in [-0.2, -0.15) is 0 Å². The van der Waals surface area contributed by atoms with Crippen molar-refractivity contribution in [3.63, 3.8) is 0 Å². The molecule has 0 amide bonds. The predicted molar refractivity (Wildman–Crippen MR) is 94.2 cm³/mol. The van der Waals surface area contributed by atoms with Gasteiger partial charge < -0.3 is 4.98 Å². The predicted octanol–water partition coefficient (Wildman–Crippen LogP) is 4.93. The molecule has 2 nitrogen and oxygen atoms in total. The summed E-state index contributed by atoms with van der Waals surface area (Å²) >= 11 is 0. The van der Waals surface area contributed by atoms with Crippen LogP contribution in [0.4, 0.5) is 0 Å². The molecule has 1 unspecified atom stereocenters. The fraction of sp³-hybridized carbons (Fsp3) is 0.500. The van der Waals surface area contributed by atoms with Crippen molar-refractivity contribution < 1.29 is 0 Å². The number of nitrogens with zero attached hydrogens (tertiary/aromatic N) is 1. The number of aromatic nitrogens is 1. The third-order valence-corrected chi connectivity index (χ3v) is 5.59. The Morgan fingerprint density at radius 2 is 2.14 bits per heavy atom. The summed E-state index contributed by atoms with van der Waals surface area (Å²) in [5.41, 5.74) is 7.31. The van der Waals surface area contributed by atoms with Crippen LogP contribution in [0.5, 0.6) is 0 Å². The van der Waals surface area contributed by atoms with Crippen LogP contribution in [0.1, 0.15) is 57.1 Å². The van der Waals surface area contributed by atoms with Crippen LogP contribution in [0, 0.1) is 0 Å². The minimum Gasteiger partial charge on any atom is -0.361 e. The van der Waals surface area contributed by atoms with Crippen LogP contribution < -0.4 is 0 Å². The lowest BCUT2D eigenvalue weighted by Crippen LogP contribution is -2.34. The summed E-state index contributed by atoms with van der Waals surface area (Å²) in [5.74, 6) is 0.582. The summed E-state index contributed by atoms with van der Waals surface area (Å²) < 4.78 is 0. The van der Waals surface area contributed by atoms with Crippen molar-refractivity contribution in [1.29, 1.82) is 0 Å². The van der Waals surface area contributed by atoms with Gasteiger partial charge in [0.05, 0.1) is 0 Å². The van der Waals surface area contributed by atoms with Gasteiger partial charge >= 0.3 is 0 Å². The van der Waals surface area contributed by atoms with Gasteiger partial charge in [0.15, 0.2) is 0 Å². The Morgan fingerprint density at radius 3 is 2.95 bits per heavy atom. The second kappa shape index (κ2) is 5.27. The molecule has 0 bridgehead atoms. The lowest BCUT2D eigenvalue weighted by atomic mass is 9.89. The maximum atomic E-state index is 3.48. The largest absolute Gasteiger partial charge is 0.361 e. The molecule has 1 atom stereocenters. The van der Waals surface area contributed by atoms with Crippen LogP contribution in [0.2, 0.25) is 0 Å². The number of hydrogen-bond donors (Lipinski definition) is 1. The molecule has 116 valence electrons. The Bertz CT molecular complexity index is 735. The average molecular weight is 294 g/mol. The van der Waals surface area contributed by atoms with Gasteiger partial charge in [-0.05, 0) is 61.9 Å². The second-order valence-electron chi connectivity index (χ2n) is 7.39. The van der Waals surface area contributed by atoms with Crippen LogP contribution in [-0.2, 0) is 0 Å². The lowest BCUT2D eigenvalue weighted by Gasteiger charge is -2.32. The molecule has 4 rings (SSSR count). The quantitative estimate of drug-likeness (QED) is 0.832.